The van der Waals surface area contributed by atoms with Crippen LogP contribution in [0.25, 0.3) is 0 Å². The third-order valence-electron chi connectivity index (χ3n) is 4.22. The normalized spacial score (nSPS) is 25.5. The minimum Gasteiger partial charge on any atom is -0.338 e. The molecule has 2 nitrogen and oxygen atoms in total. The summed E-state index contributed by atoms with van der Waals surface area (Å²) in [6, 6.07) is 0. The van der Waals surface area contributed by atoms with E-state index < -0.39 is 0 Å². The van der Waals surface area contributed by atoms with Crippen molar-refractivity contribution in [3.05, 3.63) is 24.8 Å². The van der Waals surface area contributed by atoms with Gasteiger partial charge in [0.2, 0.25) is 5.91 Å². The van der Waals surface area contributed by atoms with Gasteiger partial charge in [-0.05, 0) is 50.4 Å². The Hall–Kier alpha value is -1.05. The summed E-state index contributed by atoms with van der Waals surface area (Å²) in [5.74, 6) is 2.31. The van der Waals surface area contributed by atoms with Crippen molar-refractivity contribution in [1.29, 1.82) is 0 Å². The Kier molecular flexibility index (Phi) is 5.24. The zero-order valence-electron chi connectivity index (χ0n) is 12.2. The molecule has 0 N–H and O–H groups in total. The van der Waals surface area contributed by atoms with Gasteiger partial charge in [0.25, 0.3) is 0 Å². The van der Waals surface area contributed by atoms with Crippen LogP contribution in [0.15, 0.2) is 24.8 Å². The number of amides is 1. The lowest BCUT2D eigenvalue weighted by atomic mass is 10.1. The molecule has 0 aliphatic heterocycles. The van der Waals surface area contributed by atoms with Gasteiger partial charge >= 0.3 is 0 Å². The van der Waals surface area contributed by atoms with Crippen molar-refractivity contribution in [2.75, 3.05) is 13.1 Å². The van der Waals surface area contributed by atoms with Crippen LogP contribution < -0.4 is 0 Å². The van der Waals surface area contributed by atoms with Crippen LogP contribution in [0, 0.1) is 17.8 Å². The maximum absolute atomic E-state index is 12.1. The summed E-state index contributed by atoms with van der Waals surface area (Å²) in [6.07, 6.45) is 13.5. The maximum atomic E-state index is 12.1. The number of hydrogen-bond acceptors (Lipinski definition) is 1. The van der Waals surface area contributed by atoms with Crippen LogP contribution in [0.1, 0.15) is 45.4 Å². The second kappa shape index (κ2) is 6.93. The predicted octanol–water partition coefficient (Wildman–Crippen LogP) is 3.79. The van der Waals surface area contributed by atoms with Gasteiger partial charge in [-0.2, -0.15) is 0 Å². The Morgan fingerprint density at radius 3 is 2.74 bits per heavy atom. The molecule has 0 bridgehead atoms. The van der Waals surface area contributed by atoms with Crippen molar-refractivity contribution in [2.24, 2.45) is 17.8 Å². The molecule has 0 spiro atoms. The molecule has 19 heavy (non-hydrogen) atoms. The van der Waals surface area contributed by atoms with E-state index in [1.54, 1.807) is 0 Å². The van der Waals surface area contributed by atoms with Crippen LogP contribution in [0.2, 0.25) is 0 Å². The van der Waals surface area contributed by atoms with Gasteiger partial charge in [-0.3, -0.25) is 4.79 Å². The van der Waals surface area contributed by atoms with Crippen molar-refractivity contribution in [3.8, 4) is 0 Å². The van der Waals surface area contributed by atoms with Crippen molar-refractivity contribution in [3.63, 3.8) is 0 Å². The zero-order valence-corrected chi connectivity index (χ0v) is 12.2. The highest BCUT2D eigenvalue weighted by Gasteiger charge is 2.40. The number of rotatable bonds is 9. The average Bonchev–Trinajstić information content (AvgIpc) is 3.28. The highest BCUT2D eigenvalue weighted by molar-refractivity contribution is 5.81. The van der Waals surface area contributed by atoms with Gasteiger partial charge in [0.05, 0.1) is 0 Å². The second-order valence-electron chi connectivity index (χ2n) is 6.02. The van der Waals surface area contributed by atoms with Crippen LogP contribution >= 0.6 is 0 Å². The molecule has 0 heterocycles. The standard InChI is InChI=1S/C17H27NO/c1-3-5-6-7-8-15-12-16(15)13-18(11-4-2)17(19)14-9-10-14/h4-6,14-16H,2-3,7-13H2,1H3/b6-5-/t15-,16-/m0/s1. The first kappa shape index (κ1) is 14.4. The van der Waals surface area contributed by atoms with E-state index in [-0.39, 0.29) is 0 Å². The van der Waals surface area contributed by atoms with Crippen molar-refractivity contribution in [2.45, 2.75) is 45.4 Å². The fourth-order valence-electron chi connectivity index (χ4n) is 2.76. The molecule has 2 fully saturated rings. The molecule has 2 aliphatic rings. The molecule has 106 valence electrons. The van der Waals surface area contributed by atoms with Gasteiger partial charge in [-0.15, -0.1) is 6.58 Å². The number of carbonyl (C=O) groups is 1. The molecule has 0 saturated heterocycles. The van der Waals surface area contributed by atoms with Gasteiger partial charge < -0.3 is 4.90 Å². The number of nitrogens with zero attached hydrogens (tertiary/aromatic N) is 1. The SMILES string of the molecule is C=CCN(C[C@@H]1C[C@@H]1CC/C=C\CC)C(=O)C1CC1. The van der Waals surface area contributed by atoms with E-state index in [0.29, 0.717) is 11.8 Å². The fourth-order valence-corrected chi connectivity index (χ4v) is 2.76. The Labute approximate surface area is 117 Å². The van der Waals surface area contributed by atoms with Crippen LogP contribution in [0.3, 0.4) is 0 Å². The van der Waals surface area contributed by atoms with Crippen LogP contribution in [0.4, 0.5) is 0 Å². The molecule has 2 heteroatoms. The molecule has 2 saturated carbocycles. The molecule has 0 aromatic carbocycles. The van der Waals surface area contributed by atoms with Crippen molar-refractivity contribution >= 4 is 5.91 Å². The highest BCUT2D eigenvalue weighted by atomic mass is 16.2. The topological polar surface area (TPSA) is 20.3 Å². The lowest BCUT2D eigenvalue weighted by Gasteiger charge is -2.21. The van der Waals surface area contributed by atoms with Gasteiger partial charge in [-0.25, -0.2) is 0 Å². The maximum Gasteiger partial charge on any atom is 0.225 e. The summed E-state index contributed by atoms with van der Waals surface area (Å²) < 4.78 is 0. The first-order valence-corrected chi connectivity index (χ1v) is 7.81. The van der Waals surface area contributed by atoms with Gasteiger partial charge in [0.1, 0.15) is 0 Å². The molecule has 0 aromatic heterocycles. The Bertz CT molecular complexity index is 343. The summed E-state index contributed by atoms with van der Waals surface area (Å²) in [5.41, 5.74) is 0. The largest absolute Gasteiger partial charge is 0.338 e. The van der Waals surface area contributed by atoms with Gasteiger partial charge in [-0.1, -0.05) is 25.2 Å². The predicted molar refractivity (Wildman–Crippen MR) is 79.8 cm³/mol. The smallest absolute Gasteiger partial charge is 0.225 e. The van der Waals surface area contributed by atoms with E-state index in [1.165, 1.54) is 19.3 Å². The van der Waals surface area contributed by atoms with Crippen molar-refractivity contribution in [1.82, 2.24) is 4.90 Å². The lowest BCUT2D eigenvalue weighted by molar-refractivity contribution is -0.132. The Morgan fingerprint density at radius 1 is 1.32 bits per heavy atom. The van der Waals surface area contributed by atoms with Crippen LogP contribution in [0.5, 0.6) is 0 Å². The molecule has 1 amide bonds. The first-order valence-electron chi connectivity index (χ1n) is 7.81. The summed E-state index contributed by atoms with van der Waals surface area (Å²) >= 11 is 0. The molecule has 2 atom stereocenters. The molecule has 0 aromatic rings. The quantitative estimate of drug-likeness (QED) is 0.578. The van der Waals surface area contributed by atoms with E-state index in [1.807, 2.05) is 11.0 Å². The highest BCUT2D eigenvalue weighted by Crippen LogP contribution is 2.43. The Balaban J connectivity index is 1.69. The van der Waals surface area contributed by atoms with E-state index in [4.69, 9.17) is 0 Å². The van der Waals surface area contributed by atoms with E-state index in [9.17, 15) is 4.79 Å². The molecular formula is C17H27NO. The molecule has 2 aliphatic carbocycles. The second-order valence-corrected chi connectivity index (χ2v) is 6.02. The average molecular weight is 261 g/mol. The summed E-state index contributed by atoms with van der Waals surface area (Å²) in [6.45, 7) is 7.64. The monoisotopic (exact) mass is 261 g/mol. The number of carbonyl (C=O) groups excluding carboxylic acids is 1. The molecular weight excluding hydrogens is 234 g/mol. The van der Waals surface area contributed by atoms with Gasteiger partial charge in [0, 0.05) is 19.0 Å². The number of hydrogen-bond donors (Lipinski definition) is 0. The van der Waals surface area contributed by atoms with E-state index in [2.05, 4.69) is 25.7 Å². The summed E-state index contributed by atoms with van der Waals surface area (Å²) in [4.78, 5) is 14.2. The third-order valence-corrected chi connectivity index (χ3v) is 4.22. The van der Waals surface area contributed by atoms with Crippen molar-refractivity contribution < 1.29 is 4.79 Å². The van der Waals surface area contributed by atoms with Crippen LogP contribution in [-0.4, -0.2) is 23.9 Å². The lowest BCUT2D eigenvalue weighted by Crippen LogP contribution is -2.34. The first-order chi connectivity index (χ1) is 9.26. The fraction of sp³-hybridized carbons (Fsp3) is 0.706. The van der Waals surface area contributed by atoms with E-state index >= 15 is 0 Å². The Morgan fingerprint density at radius 2 is 2.11 bits per heavy atom. The molecule has 2 rings (SSSR count). The van der Waals surface area contributed by atoms with Crippen LogP contribution in [-0.2, 0) is 4.79 Å². The zero-order chi connectivity index (χ0) is 13.7. The third kappa shape index (κ3) is 4.52. The van der Waals surface area contributed by atoms with Gasteiger partial charge in [0.15, 0.2) is 0 Å². The number of allylic oxidation sites excluding steroid dienone is 2. The van der Waals surface area contributed by atoms with E-state index in [0.717, 1.165) is 44.2 Å². The minimum absolute atomic E-state index is 0.338. The molecule has 0 radical (unpaired) electrons. The summed E-state index contributed by atoms with van der Waals surface area (Å²) in [7, 11) is 0. The summed E-state index contributed by atoms with van der Waals surface area (Å²) in [5, 5.41) is 0. The molecule has 0 unspecified atom stereocenters. The minimum atomic E-state index is 0.338.